The Morgan fingerprint density at radius 1 is 1.55 bits per heavy atom. The van der Waals surface area contributed by atoms with E-state index in [2.05, 4.69) is 20.9 Å². The zero-order chi connectivity index (χ0) is 8.27. The zero-order valence-electron chi connectivity index (χ0n) is 5.34. The van der Waals surface area contributed by atoms with E-state index in [1.54, 1.807) is 0 Å². The molecule has 4 heteroatoms. The van der Waals surface area contributed by atoms with Gasteiger partial charge in [0.15, 0.2) is 0 Å². The molecule has 0 amide bonds. The summed E-state index contributed by atoms with van der Waals surface area (Å²) in [5.41, 5.74) is 0.250. The molecule has 1 aromatic rings. The number of hydrogen-bond donors (Lipinski definition) is 0. The molecule has 0 unspecified atom stereocenters. The van der Waals surface area contributed by atoms with Crippen LogP contribution in [-0.4, -0.2) is 6.08 Å². The summed E-state index contributed by atoms with van der Waals surface area (Å²) in [6, 6.07) is 3.90. The van der Waals surface area contributed by atoms with Crippen molar-refractivity contribution in [2.24, 2.45) is 4.99 Å². The second kappa shape index (κ2) is 3.42. The number of nitrogens with zero attached hydrogens (tertiary/aromatic N) is 1. The molecule has 2 nitrogen and oxygen atoms in total. The third-order valence-electron chi connectivity index (χ3n) is 1.07. The predicted molar refractivity (Wildman–Crippen MR) is 41.9 cm³/mol. The van der Waals surface area contributed by atoms with Gasteiger partial charge < -0.3 is 0 Å². The summed E-state index contributed by atoms with van der Waals surface area (Å²) in [6.45, 7) is 0. The number of benzene rings is 1. The van der Waals surface area contributed by atoms with E-state index in [1.807, 2.05) is 0 Å². The molecular weight excluding hydrogens is 213 g/mol. The highest BCUT2D eigenvalue weighted by Gasteiger charge is 1.98. The maximum Gasteiger partial charge on any atom is 0.240 e. The minimum atomic E-state index is -0.429. The van der Waals surface area contributed by atoms with E-state index in [9.17, 15) is 9.18 Å². The molecule has 0 aliphatic heterocycles. The van der Waals surface area contributed by atoms with E-state index >= 15 is 0 Å². The molecule has 0 bridgehead atoms. The van der Waals surface area contributed by atoms with Gasteiger partial charge in [0.2, 0.25) is 6.08 Å². The smallest absolute Gasteiger partial charge is 0.211 e. The largest absolute Gasteiger partial charge is 0.240 e. The Bertz CT molecular complexity index is 320. The molecule has 0 spiro atoms. The third kappa shape index (κ3) is 1.97. The van der Waals surface area contributed by atoms with E-state index in [-0.39, 0.29) is 5.69 Å². The summed E-state index contributed by atoms with van der Waals surface area (Å²) in [6.07, 6.45) is 1.33. The minimum Gasteiger partial charge on any atom is -0.211 e. The highest BCUT2D eigenvalue weighted by molar-refractivity contribution is 9.10. The van der Waals surface area contributed by atoms with Gasteiger partial charge in [-0.3, -0.25) is 0 Å². The molecule has 1 aromatic carbocycles. The standard InChI is InChI=1S/C7H3BrFNO/c8-6-2-1-5(9)3-7(6)10-4-11/h1-3H. The SMILES string of the molecule is O=C=Nc1cc(F)ccc1Br. The lowest BCUT2D eigenvalue weighted by molar-refractivity contribution is 0.565. The third-order valence-corrected chi connectivity index (χ3v) is 1.74. The maximum absolute atomic E-state index is 12.5. The van der Waals surface area contributed by atoms with Crippen LogP contribution in [0.3, 0.4) is 0 Å². The van der Waals surface area contributed by atoms with Crippen LogP contribution in [0.2, 0.25) is 0 Å². The average Bonchev–Trinajstić information content (AvgIpc) is 1.98. The Hall–Kier alpha value is -0.990. The number of carbonyl (C=O) groups excluding carboxylic acids is 1. The van der Waals surface area contributed by atoms with Crippen molar-refractivity contribution in [1.29, 1.82) is 0 Å². The molecule has 0 aliphatic carbocycles. The fourth-order valence-electron chi connectivity index (χ4n) is 0.621. The van der Waals surface area contributed by atoms with E-state index in [0.29, 0.717) is 4.47 Å². The summed E-state index contributed by atoms with van der Waals surface area (Å²) in [5.74, 6) is -0.429. The minimum absolute atomic E-state index is 0.250. The summed E-state index contributed by atoms with van der Waals surface area (Å²) in [7, 11) is 0. The van der Waals surface area contributed by atoms with Gasteiger partial charge in [-0.05, 0) is 28.1 Å². The number of hydrogen-bond acceptors (Lipinski definition) is 2. The predicted octanol–water partition coefficient (Wildman–Crippen LogP) is 2.56. The van der Waals surface area contributed by atoms with E-state index in [0.717, 1.165) is 6.07 Å². The summed E-state index contributed by atoms with van der Waals surface area (Å²) < 4.78 is 13.0. The summed E-state index contributed by atoms with van der Waals surface area (Å²) in [4.78, 5) is 13.1. The quantitative estimate of drug-likeness (QED) is 0.523. The van der Waals surface area contributed by atoms with Crippen LogP contribution in [0.4, 0.5) is 10.1 Å². The van der Waals surface area contributed by atoms with Crippen LogP contribution in [0, 0.1) is 5.82 Å². The Kier molecular flexibility index (Phi) is 2.52. The van der Waals surface area contributed by atoms with Crippen LogP contribution in [0.15, 0.2) is 27.7 Å². The first-order valence-electron chi connectivity index (χ1n) is 2.77. The lowest BCUT2D eigenvalue weighted by Crippen LogP contribution is -1.73. The Labute approximate surface area is 70.9 Å². The van der Waals surface area contributed by atoms with Crippen molar-refractivity contribution in [3.05, 3.63) is 28.5 Å². The first-order chi connectivity index (χ1) is 5.24. The normalized spacial score (nSPS) is 8.91. The lowest BCUT2D eigenvalue weighted by atomic mass is 10.3. The number of halogens is 2. The first kappa shape index (κ1) is 8.11. The van der Waals surface area contributed by atoms with Gasteiger partial charge in [-0.2, -0.15) is 4.99 Å². The van der Waals surface area contributed by atoms with Crippen LogP contribution in [0.25, 0.3) is 0 Å². The van der Waals surface area contributed by atoms with Crippen molar-refractivity contribution in [2.75, 3.05) is 0 Å². The number of rotatable bonds is 1. The van der Waals surface area contributed by atoms with Gasteiger partial charge in [0.25, 0.3) is 0 Å². The van der Waals surface area contributed by atoms with E-state index in [4.69, 9.17) is 0 Å². The first-order valence-corrected chi connectivity index (χ1v) is 3.56. The van der Waals surface area contributed by atoms with E-state index in [1.165, 1.54) is 18.2 Å². The van der Waals surface area contributed by atoms with Gasteiger partial charge in [-0.15, -0.1) is 0 Å². The molecule has 0 N–H and O–H groups in total. The number of isocyanates is 1. The molecule has 0 atom stereocenters. The fourth-order valence-corrected chi connectivity index (χ4v) is 0.956. The van der Waals surface area contributed by atoms with Crippen molar-refractivity contribution in [3.63, 3.8) is 0 Å². The van der Waals surface area contributed by atoms with Crippen molar-refractivity contribution < 1.29 is 9.18 Å². The van der Waals surface area contributed by atoms with Crippen LogP contribution < -0.4 is 0 Å². The van der Waals surface area contributed by atoms with Gasteiger partial charge >= 0.3 is 0 Å². The van der Waals surface area contributed by atoms with Gasteiger partial charge in [-0.25, -0.2) is 9.18 Å². The molecule has 0 saturated heterocycles. The van der Waals surface area contributed by atoms with Crippen LogP contribution >= 0.6 is 15.9 Å². The summed E-state index contributed by atoms with van der Waals surface area (Å²) >= 11 is 3.09. The van der Waals surface area contributed by atoms with Crippen LogP contribution in [0.5, 0.6) is 0 Å². The van der Waals surface area contributed by atoms with Gasteiger partial charge in [-0.1, -0.05) is 0 Å². The maximum atomic E-state index is 12.5. The molecule has 1 rings (SSSR count). The monoisotopic (exact) mass is 215 g/mol. The van der Waals surface area contributed by atoms with Gasteiger partial charge in [0.05, 0.1) is 5.69 Å². The Balaban J connectivity index is 3.22. The van der Waals surface area contributed by atoms with Crippen molar-refractivity contribution in [2.45, 2.75) is 0 Å². The molecule has 0 fully saturated rings. The zero-order valence-corrected chi connectivity index (χ0v) is 6.93. The summed E-state index contributed by atoms with van der Waals surface area (Å²) in [5, 5.41) is 0. The second-order valence-electron chi connectivity index (χ2n) is 1.80. The molecule has 11 heavy (non-hydrogen) atoms. The molecule has 56 valence electrons. The van der Waals surface area contributed by atoms with E-state index < -0.39 is 5.82 Å². The van der Waals surface area contributed by atoms with Crippen LogP contribution in [0.1, 0.15) is 0 Å². The average molecular weight is 216 g/mol. The Morgan fingerprint density at radius 3 is 2.91 bits per heavy atom. The van der Waals surface area contributed by atoms with Gasteiger partial charge in [0.1, 0.15) is 5.82 Å². The molecule has 0 saturated carbocycles. The molecular formula is C7H3BrFNO. The highest BCUT2D eigenvalue weighted by Crippen LogP contribution is 2.24. The highest BCUT2D eigenvalue weighted by atomic mass is 79.9. The van der Waals surface area contributed by atoms with Crippen molar-refractivity contribution in [1.82, 2.24) is 0 Å². The fraction of sp³-hybridized carbons (Fsp3) is 0. The van der Waals surface area contributed by atoms with Crippen LogP contribution in [-0.2, 0) is 4.79 Å². The topological polar surface area (TPSA) is 29.4 Å². The molecule has 0 aliphatic rings. The molecule has 0 heterocycles. The lowest BCUT2D eigenvalue weighted by Gasteiger charge is -1.93. The van der Waals surface area contributed by atoms with Gasteiger partial charge in [0, 0.05) is 10.5 Å². The Morgan fingerprint density at radius 2 is 2.27 bits per heavy atom. The van der Waals surface area contributed by atoms with Crippen molar-refractivity contribution in [3.8, 4) is 0 Å². The number of aliphatic imine (C=N–C) groups is 1. The van der Waals surface area contributed by atoms with Crippen molar-refractivity contribution >= 4 is 27.7 Å². The second-order valence-corrected chi connectivity index (χ2v) is 2.65. The molecule has 0 radical (unpaired) electrons. The molecule has 0 aromatic heterocycles.